The van der Waals surface area contributed by atoms with Gasteiger partial charge in [-0.15, -0.1) is 0 Å². The monoisotopic (exact) mass is 533 g/mol. The van der Waals surface area contributed by atoms with Gasteiger partial charge in [-0.1, -0.05) is 30.3 Å². The van der Waals surface area contributed by atoms with E-state index in [-0.39, 0.29) is 17.3 Å². The van der Waals surface area contributed by atoms with Crippen LogP contribution in [0.15, 0.2) is 83.9 Å². The Morgan fingerprint density at radius 1 is 0.974 bits per heavy atom. The van der Waals surface area contributed by atoms with E-state index < -0.39 is 35.2 Å². The van der Waals surface area contributed by atoms with Crippen LogP contribution in [0.25, 0.3) is 17.0 Å². The number of aromatic nitrogens is 1. The summed E-state index contributed by atoms with van der Waals surface area (Å²) in [5, 5.41) is 2.85. The normalized spacial score (nSPS) is 14.5. The second-order valence-corrected chi connectivity index (χ2v) is 9.39. The van der Waals surface area contributed by atoms with Gasteiger partial charge in [-0.05, 0) is 60.3 Å². The van der Waals surface area contributed by atoms with Crippen LogP contribution < -0.4 is 10.1 Å². The molecule has 1 aliphatic heterocycles. The van der Waals surface area contributed by atoms with Crippen molar-refractivity contribution in [3.63, 3.8) is 0 Å². The van der Waals surface area contributed by atoms with E-state index in [0.29, 0.717) is 17.8 Å². The van der Waals surface area contributed by atoms with Crippen molar-refractivity contribution in [1.82, 2.24) is 9.47 Å². The highest BCUT2D eigenvalue weighted by Gasteiger charge is 2.36. The summed E-state index contributed by atoms with van der Waals surface area (Å²) < 4.78 is 34.5. The molecule has 3 amide bonds. The predicted octanol–water partition coefficient (Wildman–Crippen LogP) is 5.67. The van der Waals surface area contributed by atoms with Gasteiger partial charge in [0.05, 0.1) is 11.4 Å². The maximum atomic E-state index is 13.9. The minimum atomic E-state index is -0.577. The topological polar surface area (TPSA) is 80.6 Å². The van der Waals surface area contributed by atoms with Gasteiger partial charge in [0, 0.05) is 28.4 Å². The molecule has 3 aromatic carbocycles. The Balaban J connectivity index is 1.30. The molecule has 0 spiro atoms. The first kappa shape index (κ1) is 25.2. The number of para-hydroxylation sites is 2. The first-order chi connectivity index (χ1) is 18.4. The molecule has 1 fully saturated rings. The van der Waals surface area contributed by atoms with Crippen molar-refractivity contribution in [2.45, 2.75) is 6.54 Å². The van der Waals surface area contributed by atoms with E-state index in [1.165, 1.54) is 30.3 Å². The zero-order valence-electron chi connectivity index (χ0n) is 19.9. The molecule has 1 N–H and O–H groups in total. The molecule has 2 heterocycles. The molecule has 1 saturated heterocycles. The summed E-state index contributed by atoms with van der Waals surface area (Å²) in [6.45, 7) is 0.182. The molecule has 0 saturated carbocycles. The quantitative estimate of drug-likeness (QED) is 0.295. The smallest absolute Gasteiger partial charge is 0.294 e. The minimum Gasteiger partial charge on any atom is -0.489 e. The molecule has 1 aromatic heterocycles. The fraction of sp³-hybridized carbons (Fsp3) is 0.107. The molecular weight excluding hydrogens is 512 g/mol. The molecule has 4 aromatic rings. The largest absolute Gasteiger partial charge is 0.489 e. The number of anilines is 1. The van der Waals surface area contributed by atoms with Crippen LogP contribution in [0.4, 0.5) is 19.3 Å². The molecule has 5 rings (SSSR count). The molecule has 38 heavy (non-hydrogen) atoms. The van der Waals surface area contributed by atoms with Crippen LogP contribution in [0.2, 0.25) is 0 Å². The van der Waals surface area contributed by atoms with E-state index in [1.807, 2.05) is 35.0 Å². The van der Waals surface area contributed by atoms with Gasteiger partial charge in [0.1, 0.15) is 19.0 Å². The number of hydrogen-bond acceptors (Lipinski definition) is 5. The third kappa shape index (κ3) is 5.45. The molecule has 0 bridgehead atoms. The standard InChI is InChI=1S/C28H21F2N3O4S/c29-19-9-11-20(12-10-19)31-26(34)17-33-27(35)25(38-28(33)36)15-18-16-32(23-7-3-1-5-21(18)23)13-14-37-24-8-4-2-6-22(24)30/h1-12,15-16H,13-14,17H2,(H,31,34)/b25-15-. The van der Waals surface area contributed by atoms with Crippen molar-refractivity contribution in [2.75, 3.05) is 18.5 Å². The molecule has 0 radical (unpaired) electrons. The van der Waals surface area contributed by atoms with E-state index >= 15 is 0 Å². The lowest BCUT2D eigenvalue weighted by Crippen LogP contribution is -2.36. The van der Waals surface area contributed by atoms with E-state index in [2.05, 4.69) is 5.32 Å². The number of carbonyl (C=O) groups excluding carboxylic acids is 3. The fourth-order valence-electron chi connectivity index (χ4n) is 4.05. The Morgan fingerprint density at radius 2 is 1.71 bits per heavy atom. The summed E-state index contributed by atoms with van der Waals surface area (Å²) in [6, 6.07) is 18.9. The van der Waals surface area contributed by atoms with Crippen molar-refractivity contribution in [1.29, 1.82) is 0 Å². The fourth-order valence-corrected chi connectivity index (χ4v) is 4.87. The van der Waals surface area contributed by atoms with Crippen LogP contribution >= 0.6 is 11.8 Å². The van der Waals surface area contributed by atoms with E-state index in [0.717, 1.165) is 27.6 Å². The van der Waals surface area contributed by atoms with Gasteiger partial charge < -0.3 is 14.6 Å². The van der Waals surface area contributed by atoms with Crippen LogP contribution in [0, 0.1) is 11.6 Å². The number of hydrogen-bond donors (Lipinski definition) is 1. The van der Waals surface area contributed by atoms with Crippen molar-refractivity contribution in [3.8, 4) is 5.75 Å². The van der Waals surface area contributed by atoms with Gasteiger partial charge >= 0.3 is 0 Å². The maximum absolute atomic E-state index is 13.9. The van der Waals surface area contributed by atoms with Crippen LogP contribution in [0.5, 0.6) is 5.75 Å². The summed E-state index contributed by atoms with van der Waals surface area (Å²) in [5.41, 5.74) is 1.95. The average molecular weight is 534 g/mol. The highest BCUT2D eigenvalue weighted by atomic mass is 32.2. The van der Waals surface area contributed by atoms with Gasteiger partial charge in [0.2, 0.25) is 5.91 Å². The third-order valence-corrected chi connectivity index (χ3v) is 6.74. The molecule has 10 heteroatoms. The molecule has 0 unspecified atom stereocenters. The lowest BCUT2D eigenvalue weighted by molar-refractivity contribution is -0.127. The SMILES string of the molecule is O=C(CN1C(=O)S/C(=C\c2cn(CCOc3ccccc3F)c3ccccc23)C1=O)Nc1ccc(F)cc1. The summed E-state index contributed by atoms with van der Waals surface area (Å²) in [6.07, 6.45) is 3.46. The van der Waals surface area contributed by atoms with Gasteiger partial charge in [-0.2, -0.15) is 0 Å². The second kappa shape index (κ2) is 10.9. The first-order valence-corrected chi connectivity index (χ1v) is 12.5. The molecule has 7 nitrogen and oxygen atoms in total. The van der Waals surface area contributed by atoms with Crippen molar-refractivity contribution < 1.29 is 27.9 Å². The second-order valence-electron chi connectivity index (χ2n) is 8.40. The first-order valence-electron chi connectivity index (χ1n) is 11.6. The molecule has 1 aliphatic rings. The lowest BCUT2D eigenvalue weighted by Gasteiger charge is -2.12. The van der Waals surface area contributed by atoms with Gasteiger partial charge in [-0.3, -0.25) is 19.3 Å². The highest BCUT2D eigenvalue weighted by molar-refractivity contribution is 8.18. The van der Waals surface area contributed by atoms with Gasteiger partial charge in [0.25, 0.3) is 11.1 Å². The van der Waals surface area contributed by atoms with E-state index in [1.54, 1.807) is 24.3 Å². The number of halogens is 2. The zero-order chi connectivity index (χ0) is 26.6. The Kier molecular flexibility index (Phi) is 7.23. The zero-order valence-corrected chi connectivity index (χ0v) is 20.7. The number of nitrogens with zero attached hydrogens (tertiary/aromatic N) is 2. The Labute approximate surface area is 220 Å². The number of benzene rings is 3. The van der Waals surface area contributed by atoms with Crippen molar-refractivity contribution in [2.24, 2.45) is 0 Å². The number of rotatable bonds is 8. The Bertz CT molecular complexity index is 1570. The Hall–Kier alpha value is -4.44. The lowest BCUT2D eigenvalue weighted by atomic mass is 10.1. The van der Waals surface area contributed by atoms with Crippen molar-refractivity contribution >= 4 is 51.5 Å². The molecular formula is C28H21F2N3O4S. The summed E-state index contributed by atoms with van der Waals surface area (Å²) >= 11 is 0.755. The number of imide groups is 1. The summed E-state index contributed by atoms with van der Waals surface area (Å²) in [4.78, 5) is 39.0. The number of nitrogens with one attached hydrogen (secondary N) is 1. The third-order valence-electron chi connectivity index (χ3n) is 5.84. The van der Waals surface area contributed by atoms with Gasteiger partial charge in [-0.25, -0.2) is 8.78 Å². The molecule has 0 aliphatic carbocycles. The number of fused-ring (bicyclic) bond motifs is 1. The molecule has 0 atom stereocenters. The van der Waals surface area contributed by atoms with Crippen LogP contribution in [-0.4, -0.2) is 39.7 Å². The van der Waals surface area contributed by atoms with E-state index in [4.69, 9.17) is 4.74 Å². The summed E-state index contributed by atoms with van der Waals surface area (Å²) in [7, 11) is 0. The van der Waals surface area contributed by atoms with Gasteiger partial charge in [0.15, 0.2) is 11.6 Å². The Morgan fingerprint density at radius 3 is 2.50 bits per heavy atom. The minimum absolute atomic E-state index is 0.168. The van der Waals surface area contributed by atoms with Crippen LogP contribution in [-0.2, 0) is 16.1 Å². The highest BCUT2D eigenvalue weighted by Crippen LogP contribution is 2.34. The number of ether oxygens (including phenoxy) is 1. The van der Waals surface area contributed by atoms with Crippen molar-refractivity contribution in [3.05, 3.63) is 101 Å². The predicted molar refractivity (Wildman–Crippen MR) is 142 cm³/mol. The number of carbonyl (C=O) groups is 3. The van der Waals surface area contributed by atoms with E-state index in [9.17, 15) is 23.2 Å². The maximum Gasteiger partial charge on any atom is 0.294 e. The number of thioether (sulfide) groups is 1. The molecule has 192 valence electrons. The summed E-state index contributed by atoms with van der Waals surface area (Å²) in [5.74, 6) is -1.87. The number of amides is 3. The van der Waals surface area contributed by atoms with Crippen LogP contribution in [0.3, 0.4) is 0 Å². The van der Waals surface area contributed by atoms with Crippen LogP contribution in [0.1, 0.15) is 5.56 Å². The average Bonchev–Trinajstić information content (AvgIpc) is 3.38.